The molecule has 0 spiro atoms. The Bertz CT molecular complexity index is 1470. The molecule has 4 N–H and O–H groups in total. The summed E-state index contributed by atoms with van der Waals surface area (Å²) in [4.78, 5) is 48.9. The first-order valence-corrected chi connectivity index (χ1v) is 14.7. The van der Waals surface area contributed by atoms with Gasteiger partial charge in [-0.05, 0) is 95.0 Å². The maximum absolute atomic E-state index is 12.7. The van der Waals surface area contributed by atoms with Crippen LogP contribution in [0.3, 0.4) is 0 Å². The summed E-state index contributed by atoms with van der Waals surface area (Å²) in [6.45, 7) is 4.04. The average Bonchev–Trinajstić information content (AvgIpc) is 3.27. The Morgan fingerprint density at radius 1 is 0.929 bits per heavy atom. The van der Waals surface area contributed by atoms with Crippen LogP contribution in [-0.4, -0.2) is 29.1 Å². The topological polar surface area (TPSA) is 146 Å². The van der Waals surface area contributed by atoms with Crippen molar-refractivity contribution in [3.8, 4) is 0 Å². The molecule has 4 rings (SSSR count). The Morgan fingerprint density at radius 2 is 1.71 bits per heavy atom. The van der Waals surface area contributed by atoms with Gasteiger partial charge in [-0.2, -0.15) is 0 Å². The first-order valence-electron chi connectivity index (χ1n) is 13.9. The van der Waals surface area contributed by atoms with E-state index in [0.29, 0.717) is 23.7 Å². The number of imide groups is 1. The molecule has 1 aliphatic rings. The van der Waals surface area contributed by atoms with Crippen LogP contribution in [-0.2, 0) is 17.8 Å². The van der Waals surface area contributed by atoms with Crippen LogP contribution in [0.5, 0.6) is 0 Å². The number of nitrogens with two attached hydrogens (primary N) is 1. The molecule has 11 heteroatoms. The van der Waals surface area contributed by atoms with Gasteiger partial charge in [-0.25, -0.2) is 0 Å². The van der Waals surface area contributed by atoms with Gasteiger partial charge in [-0.1, -0.05) is 56.2 Å². The number of nitrogens with zero attached hydrogens (tertiary/aromatic N) is 3. The van der Waals surface area contributed by atoms with Gasteiger partial charge in [0.2, 0.25) is 0 Å². The number of hydrogen-bond donors (Lipinski definition) is 3. The third-order valence-electron chi connectivity index (χ3n) is 6.97. The Hall–Kier alpha value is -4.35. The summed E-state index contributed by atoms with van der Waals surface area (Å²) in [6.07, 6.45) is 6.42. The highest BCUT2D eigenvalue weighted by Gasteiger charge is 2.34. The lowest BCUT2D eigenvalue weighted by molar-refractivity contribution is -0.122. The highest BCUT2D eigenvalue weighted by Crippen LogP contribution is 2.39. The molecule has 10 nitrogen and oxygen atoms in total. The lowest BCUT2D eigenvalue weighted by Gasteiger charge is -2.13. The van der Waals surface area contributed by atoms with Crippen molar-refractivity contribution in [2.24, 2.45) is 10.4 Å². The van der Waals surface area contributed by atoms with E-state index in [1.165, 1.54) is 16.5 Å². The van der Waals surface area contributed by atoms with Crippen molar-refractivity contribution in [1.29, 1.82) is 0 Å². The summed E-state index contributed by atoms with van der Waals surface area (Å²) < 4.78 is 0. The molecule has 0 saturated carbocycles. The number of carbonyl (C=O) groups is 2. The number of nitroso groups, excluding NO2 is 2. The van der Waals surface area contributed by atoms with Crippen LogP contribution >= 0.6 is 11.8 Å². The molecular formula is C31H34N6O4S. The minimum absolute atomic E-state index is 0.0670. The zero-order valence-corrected chi connectivity index (χ0v) is 24.3. The van der Waals surface area contributed by atoms with Crippen molar-refractivity contribution in [2.75, 3.05) is 24.1 Å². The van der Waals surface area contributed by atoms with Crippen LogP contribution in [0, 0.1) is 9.81 Å². The lowest BCUT2D eigenvalue weighted by Crippen LogP contribution is -2.29. The van der Waals surface area contributed by atoms with Crippen molar-refractivity contribution < 1.29 is 9.59 Å². The van der Waals surface area contributed by atoms with E-state index in [9.17, 15) is 19.4 Å². The highest BCUT2D eigenvalue weighted by atomic mass is 32.2. The van der Waals surface area contributed by atoms with E-state index in [4.69, 9.17) is 5.73 Å². The fourth-order valence-corrected chi connectivity index (χ4v) is 5.45. The summed E-state index contributed by atoms with van der Waals surface area (Å²) in [5.41, 5.74) is 10.2. The number of carbonyl (C=O) groups excluding carboxylic acids is 2. The number of amides is 2. The van der Waals surface area contributed by atoms with E-state index in [-0.39, 0.29) is 28.2 Å². The molecule has 1 heterocycles. The number of rotatable bonds is 15. The predicted octanol–water partition coefficient (Wildman–Crippen LogP) is 7.76. The second-order valence-corrected chi connectivity index (χ2v) is 10.9. The minimum Gasteiger partial charge on any atom is -0.395 e. The number of thioether (sulfide) groups is 1. The number of nitrogens with one attached hydrogen (secondary N) is 2. The Balaban J connectivity index is 1.15. The van der Waals surface area contributed by atoms with Crippen LogP contribution in [0.4, 0.5) is 33.2 Å². The van der Waals surface area contributed by atoms with Gasteiger partial charge in [0.1, 0.15) is 5.69 Å². The quantitative estimate of drug-likeness (QED) is 0.0709. The van der Waals surface area contributed by atoms with Gasteiger partial charge in [-0.15, -0.1) is 9.81 Å². The van der Waals surface area contributed by atoms with Gasteiger partial charge in [0.05, 0.1) is 16.3 Å². The molecule has 0 radical (unpaired) electrons. The fourth-order valence-electron chi connectivity index (χ4n) is 4.59. The van der Waals surface area contributed by atoms with E-state index < -0.39 is 0 Å². The maximum atomic E-state index is 12.7. The number of benzene rings is 3. The largest absolute Gasteiger partial charge is 0.395 e. The van der Waals surface area contributed by atoms with Crippen molar-refractivity contribution in [1.82, 2.24) is 10.2 Å². The van der Waals surface area contributed by atoms with E-state index in [0.717, 1.165) is 67.2 Å². The standard InChI is InChI=1S/C31H34N6O4S/c1-2-21-10-12-22(13-11-21)19-27-30(38)37(31(39)42-27)17-6-4-3-5-16-33-20-23-8-7-9-24(18-23)34-25-14-15-26(35-40)29(36-41)28(25)32/h7-15,18-19,33-34H,2-6,16-17,20,32H2,1H3. The molecule has 0 bridgehead atoms. The normalized spacial score (nSPS) is 14.0. The van der Waals surface area contributed by atoms with Crippen LogP contribution < -0.4 is 16.4 Å². The molecule has 42 heavy (non-hydrogen) atoms. The molecule has 1 saturated heterocycles. The maximum Gasteiger partial charge on any atom is 0.293 e. The summed E-state index contributed by atoms with van der Waals surface area (Å²) in [6, 6.07) is 18.8. The van der Waals surface area contributed by atoms with E-state index in [1.54, 1.807) is 12.1 Å². The van der Waals surface area contributed by atoms with E-state index in [1.807, 2.05) is 48.5 Å². The molecule has 1 fully saturated rings. The van der Waals surface area contributed by atoms with Gasteiger partial charge >= 0.3 is 0 Å². The summed E-state index contributed by atoms with van der Waals surface area (Å²) >= 11 is 1.01. The van der Waals surface area contributed by atoms with E-state index >= 15 is 0 Å². The summed E-state index contributed by atoms with van der Waals surface area (Å²) in [5, 5.41) is 12.0. The second-order valence-electron chi connectivity index (χ2n) is 9.92. The van der Waals surface area contributed by atoms with Crippen molar-refractivity contribution in [3.05, 3.63) is 92.1 Å². The fraction of sp³-hybridized carbons (Fsp3) is 0.290. The average molecular weight is 587 g/mol. The molecule has 218 valence electrons. The Labute approximate surface area is 249 Å². The first-order chi connectivity index (χ1) is 20.4. The Kier molecular flexibility index (Phi) is 11.0. The second kappa shape index (κ2) is 15.0. The zero-order chi connectivity index (χ0) is 29.9. The van der Waals surface area contributed by atoms with Gasteiger partial charge in [0.15, 0.2) is 5.69 Å². The number of hydrogen-bond acceptors (Lipinski definition) is 10. The van der Waals surface area contributed by atoms with Crippen LogP contribution in [0.25, 0.3) is 6.08 Å². The smallest absolute Gasteiger partial charge is 0.293 e. The van der Waals surface area contributed by atoms with Crippen LogP contribution in [0.1, 0.15) is 49.3 Å². The first kappa shape index (κ1) is 30.6. The molecule has 0 aromatic heterocycles. The summed E-state index contributed by atoms with van der Waals surface area (Å²) in [5.74, 6) is -0.207. The third-order valence-corrected chi connectivity index (χ3v) is 7.87. The third kappa shape index (κ3) is 7.89. The van der Waals surface area contributed by atoms with Crippen LogP contribution in [0.2, 0.25) is 0 Å². The van der Waals surface area contributed by atoms with Crippen molar-refractivity contribution in [3.63, 3.8) is 0 Å². The van der Waals surface area contributed by atoms with Crippen molar-refractivity contribution >= 4 is 57.4 Å². The monoisotopic (exact) mass is 586 g/mol. The molecule has 1 aliphatic heterocycles. The molecule has 0 aliphatic carbocycles. The SMILES string of the molecule is CCc1ccc(C=C2SC(=O)N(CCCCCCNCc3cccc(Nc4ccc(N=O)c(N=O)c4N)c3)C2=O)cc1. The van der Waals surface area contributed by atoms with Gasteiger partial charge in [0, 0.05) is 18.8 Å². The summed E-state index contributed by atoms with van der Waals surface area (Å²) in [7, 11) is 0. The molecule has 0 atom stereocenters. The minimum atomic E-state index is -0.207. The number of unbranched alkanes of at least 4 members (excludes halogenated alkanes) is 3. The highest BCUT2D eigenvalue weighted by molar-refractivity contribution is 8.18. The van der Waals surface area contributed by atoms with E-state index in [2.05, 4.69) is 27.9 Å². The van der Waals surface area contributed by atoms with Gasteiger partial charge < -0.3 is 16.4 Å². The van der Waals surface area contributed by atoms with Gasteiger partial charge in [0.25, 0.3) is 11.1 Å². The Morgan fingerprint density at radius 3 is 2.45 bits per heavy atom. The number of anilines is 3. The predicted molar refractivity (Wildman–Crippen MR) is 170 cm³/mol. The molecule has 0 unspecified atom stereocenters. The number of nitrogen functional groups attached to an aromatic ring is 1. The molecule has 2 amide bonds. The lowest BCUT2D eigenvalue weighted by atomic mass is 10.1. The molecule has 3 aromatic rings. The zero-order valence-electron chi connectivity index (χ0n) is 23.5. The molecule has 3 aromatic carbocycles. The molecular weight excluding hydrogens is 552 g/mol. The van der Waals surface area contributed by atoms with Crippen molar-refractivity contribution in [2.45, 2.75) is 45.6 Å². The van der Waals surface area contributed by atoms with Gasteiger partial charge in [-0.3, -0.25) is 14.5 Å². The van der Waals surface area contributed by atoms with Crippen LogP contribution in [0.15, 0.2) is 75.9 Å². The number of aryl methyl sites for hydroxylation is 1.